The minimum atomic E-state index is -0.669. The standard InChI is InChI=1S/C34H27NO3/c36-32(22-19-25-11-4-1-5-12-25)31-21-20-30(24-33(31)37)38-29-18-10-17-28(23-29)35-34(26-13-6-2-7-14-26)27-15-8-3-9-16-27/h1-19,22-24,31H,20-21H2. The van der Waals surface area contributed by atoms with Gasteiger partial charge < -0.3 is 4.74 Å². The fraction of sp³-hybridized carbons (Fsp3) is 0.0882. The fourth-order valence-corrected chi connectivity index (χ4v) is 4.37. The number of carbonyl (C=O) groups is 2. The molecule has 1 atom stereocenters. The van der Waals surface area contributed by atoms with E-state index < -0.39 is 5.92 Å². The van der Waals surface area contributed by atoms with Crippen molar-refractivity contribution in [2.24, 2.45) is 10.9 Å². The van der Waals surface area contributed by atoms with Gasteiger partial charge >= 0.3 is 0 Å². The Labute approximate surface area is 222 Å². The zero-order valence-corrected chi connectivity index (χ0v) is 20.9. The van der Waals surface area contributed by atoms with Crippen LogP contribution in [0, 0.1) is 5.92 Å². The predicted octanol–water partition coefficient (Wildman–Crippen LogP) is 7.38. The first kappa shape index (κ1) is 24.8. The van der Waals surface area contributed by atoms with Crippen molar-refractivity contribution in [2.75, 3.05) is 0 Å². The summed E-state index contributed by atoms with van der Waals surface area (Å²) in [5.41, 5.74) is 4.56. The smallest absolute Gasteiger partial charge is 0.169 e. The molecule has 0 amide bonds. The van der Waals surface area contributed by atoms with Crippen molar-refractivity contribution in [3.63, 3.8) is 0 Å². The van der Waals surface area contributed by atoms with Crippen molar-refractivity contribution in [1.29, 1.82) is 0 Å². The highest BCUT2D eigenvalue weighted by molar-refractivity contribution is 6.14. The van der Waals surface area contributed by atoms with Crippen molar-refractivity contribution in [1.82, 2.24) is 0 Å². The predicted molar refractivity (Wildman–Crippen MR) is 152 cm³/mol. The van der Waals surface area contributed by atoms with Gasteiger partial charge in [-0.1, -0.05) is 103 Å². The Morgan fingerprint density at radius 3 is 2.05 bits per heavy atom. The van der Waals surface area contributed by atoms with E-state index in [0.717, 1.165) is 28.1 Å². The highest BCUT2D eigenvalue weighted by atomic mass is 16.5. The lowest BCUT2D eigenvalue weighted by Gasteiger charge is -2.19. The van der Waals surface area contributed by atoms with Gasteiger partial charge in [0, 0.05) is 29.7 Å². The molecule has 4 nitrogen and oxygen atoms in total. The zero-order chi connectivity index (χ0) is 26.2. The fourth-order valence-electron chi connectivity index (χ4n) is 4.37. The van der Waals surface area contributed by atoms with Crippen LogP contribution in [-0.2, 0) is 9.59 Å². The van der Waals surface area contributed by atoms with Crippen molar-refractivity contribution < 1.29 is 14.3 Å². The summed E-state index contributed by atoms with van der Waals surface area (Å²) >= 11 is 0. The second-order valence-corrected chi connectivity index (χ2v) is 9.04. The van der Waals surface area contributed by atoms with Crippen LogP contribution >= 0.6 is 0 Å². The number of benzene rings is 4. The maximum atomic E-state index is 12.7. The lowest BCUT2D eigenvalue weighted by molar-refractivity contribution is -0.128. The summed E-state index contributed by atoms with van der Waals surface area (Å²) in [5.74, 6) is 0.0778. The van der Waals surface area contributed by atoms with Crippen LogP contribution in [0.5, 0.6) is 5.75 Å². The third-order valence-corrected chi connectivity index (χ3v) is 6.31. The first-order valence-electron chi connectivity index (χ1n) is 12.6. The number of aliphatic imine (C=N–C) groups is 1. The summed E-state index contributed by atoms with van der Waals surface area (Å²) in [6.45, 7) is 0. The second-order valence-electron chi connectivity index (χ2n) is 9.04. The van der Waals surface area contributed by atoms with E-state index in [2.05, 4.69) is 0 Å². The van der Waals surface area contributed by atoms with Gasteiger partial charge in [0.2, 0.25) is 0 Å². The lowest BCUT2D eigenvalue weighted by atomic mass is 9.88. The molecule has 38 heavy (non-hydrogen) atoms. The Kier molecular flexibility index (Phi) is 7.80. The minimum absolute atomic E-state index is 0.181. The molecule has 4 aromatic rings. The van der Waals surface area contributed by atoms with E-state index in [9.17, 15) is 9.59 Å². The van der Waals surface area contributed by atoms with Gasteiger partial charge in [-0.25, -0.2) is 4.99 Å². The van der Waals surface area contributed by atoms with E-state index in [1.807, 2.05) is 115 Å². The number of hydrogen-bond donors (Lipinski definition) is 0. The maximum Gasteiger partial charge on any atom is 0.169 e. The van der Waals surface area contributed by atoms with Crippen molar-refractivity contribution in [3.05, 3.63) is 150 Å². The van der Waals surface area contributed by atoms with E-state index in [1.165, 1.54) is 12.2 Å². The summed E-state index contributed by atoms with van der Waals surface area (Å²) < 4.78 is 6.06. The number of rotatable bonds is 8. The Balaban J connectivity index is 1.31. The lowest BCUT2D eigenvalue weighted by Crippen LogP contribution is -2.25. The average Bonchev–Trinajstić information content (AvgIpc) is 2.96. The van der Waals surface area contributed by atoms with Crippen molar-refractivity contribution >= 4 is 29.0 Å². The van der Waals surface area contributed by atoms with Crippen LogP contribution in [0.15, 0.2) is 138 Å². The van der Waals surface area contributed by atoms with E-state index in [4.69, 9.17) is 9.73 Å². The van der Waals surface area contributed by atoms with Crippen LogP contribution in [-0.4, -0.2) is 17.3 Å². The highest BCUT2D eigenvalue weighted by Gasteiger charge is 2.28. The third kappa shape index (κ3) is 6.29. The quantitative estimate of drug-likeness (QED) is 0.145. The third-order valence-electron chi connectivity index (χ3n) is 6.31. The molecule has 0 aliphatic heterocycles. The van der Waals surface area contributed by atoms with Gasteiger partial charge in [-0.05, 0) is 30.2 Å². The molecule has 0 saturated carbocycles. The Morgan fingerprint density at radius 1 is 0.789 bits per heavy atom. The number of nitrogens with zero attached hydrogens (tertiary/aromatic N) is 1. The average molecular weight is 498 g/mol. The molecule has 1 aliphatic carbocycles. The van der Waals surface area contributed by atoms with Crippen LogP contribution in [0.4, 0.5) is 5.69 Å². The van der Waals surface area contributed by atoms with Gasteiger partial charge in [-0.3, -0.25) is 9.59 Å². The molecule has 0 fully saturated rings. The molecule has 4 aromatic carbocycles. The van der Waals surface area contributed by atoms with Gasteiger partial charge in [-0.2, -0.15) is 0 Å². The number of carbonyl (C=O) groups excluding carboxylic acids is 2. The highest BCUT2D eigenvalue weighted by Crippen LogP contribution is 2.28. The topological polar surface area (TPSA) is 55.7 Å². The number of ketones is 2. The molecule has 186 valence electrons. The molecule has 1 unspecified atom stereocenters. The molecule has 0 aromatic heterocycles. The Bertz CT molecular complexity index is 1460. The van der Waals surface area contributed by atoms with E-state index >= 15 is 0 Å². The van der Waals surface area contributed by atoms with Gasteiger partial charge in [-0.15, -0.1) is 0 Å². The molecule has 0 saturated heterocycles. The van der Waals surface area contributed by atoms with Crippen LogP contribution < -0.4 is 4.74 Å². The van der Waals surface area contributed by atoms with E-state index in [0.29, 0.717) is 24.4 Å². The van der Waals surface area contributed by atoms with Crippen LogP contribution in [0.1, 0.15) is 29.5 Å². The molecular formula is C34H27NO3. The summed E-state index contributed by atoms with van der Waals surface area (Å²) in [4.78, 5) is 30.3. The zero-order valence-electron chi connectivity index (χ0n) is 20.9. The molecular weight excluding hydrogens is 470 g/mol. The van der Waals surface area contributed by atoms with E-state index in [-0.39, 0.29) is 11.6 Å². The van der Waals surface area contributed by atoms with Crippen molar-refractivity contribution in [2.45, 2.75) is 12.8 Å². The first-order chi connectivity index (χ1) is 18.7. The van der Waals surface area contributed by atoms with Gasteiger partial charge in [0.1, 0.15) is 11.5 Å². The van der Waals surface area contributed by atoms with Crippen LogP contribution in [0.2, 0.25) is 0 Å². The molecule has 0 N–H and O–H groups in total. The van der Waals surface area contributed by atoms with Crippen LogP contribution in [0.3, 0.4) is 0 Å². The van der Waals surface area contributed by atoms with Gasteiger partial charge in [0.15, 0.2) is 11.6 Å². The van der Waals surface area contributed by atoms with Gasteiger partial charge in [0.25, 0.3) is 0 Å². The summed E-state index contributed by atoms with van der Waals surface area (Å²) in [6, 6.07) is 37.2. The summed E-state index contributed by atoms with van der Waals surface area (Å²) in [7, 11) is 0. The largest absolute Gasteiger partial charge is 0.462 e. The maximum absolute atomic E-state index is 12.7. The monoisotopic (exact) mass is 497 g/mol. The molecule has 4 heteroatoms. The normalized spacial score (nSPS) is 15.1. The molecule has 0 bridgehead atoms. The Hall–Kier alpha value is -4.83. The van der Waals surface area contributed by atoms with Crippen LogP contribution in [0.25, 0.3) is 6.08 Å². The number of ether oxygens (including phenoxy) is 1. The van der Waals surface area contributed by atoms with E-state index in [1.54, 1.807) is 6.08 Å². The SMILES string of the molecule is O=C(C=Cc1ccccc1)C1CCC(Oc2cccc(N=C(c3ccccc3)c3ccccc3)c2)=CC1=O. The molecule has 1 aliphatic rings. The molecule has 0 radical (unpaired) electrons. The summed E-state index contributed by atoms with van der Waals surface area (Å²) in [5, 5.41) is 0. The Morgan fingerprint density at radius 2 is 1.42 bits per heavy atom. The number of allylic oxidation sites excluding steroid dienone is 3. The molecule has 0 heterocycles. The number of hydrogen-bond acceptors (Lipinski definition) is 4. The van der Waals surface area contributed by atoms with Gasteiger partial charge in [0.05, 0.1) is 17.3 Å². The van der Waals surface area contributed by atoms with Crippen molar-refractivity contribution in [3.8, 4) is 5.75 Å². The summed E-state index contributed by atoms with van der Waals surface area (Å²) in [6.07, 6.45) is 5.63. The first-order valence-corrected chi connectivity index (χ1v) is 12.6. The minimum Gasteiger partial charge on any atom is -0.462 e. The molecule has 5 rings (SSSR count). The molecule has 0 spiro atoms. The second kappa shape index (κ2) is 11.9.